The van der Waals surface area contributed by atoms with E-state index in [0.29, 0.717) is 11.3 Å². The molecular formula is C42H46Cl4N6O4. The van der Waals surface area contributed by atoms with Gasteiger partial charge in [-0.1, -0.05) is 72.8 Å². The molecule has 2 aromatic heterocycles. The molecule has 296 valence electrons. The van der Waals surface area contributed by atoms with Gasteiger partial charge >= 0.3 is 6.09 Å². The first kappa shape index (κ1) is 47.2. The summed E-state index contributed by atoms with van der Waals surface area (Å²) in [6, 6.07) is 32.8. The number of nitrogens with one attached hydrogen (secondary N) is 3. The molecule has 0 unspecified atom stereocenters. The number of aromatic nitrogens is 2. The molecule has 6 rings (SSSR count). The number of hydrogen-bond acceptors (Lipinski definition) is 7. The molecule has 0 aliphatic carbocycles. The van der Waals surface area contributed by atoms with E-state index in [1.165, 1.54) is 4.90 Å². The number of carbonyl (C=O) groups is 3. The normalized spacial score (nSPS) is 11.4. The van der Waals surface area contributed by atoms with Gasteiger partial charge in [-0.3, -0.25) is 24.5 Å². The van der Waals surface area contributed by atoms with Gasteiger partial charge in [0.1, 0.15) is 17.7 Å². The van der Waals surface area contributed by atoms with E-state index in [-0.39, 0.29) is 48.0 Å². The highest BCUT2D eigenvalue weighted by Crippen LogP contribution is 2.26. The van der Waals surface area contributed by atoms with Crippen LogP contribution in [0.1, 0.15) is 44.0 Å². The van der Waals surface area contributed by atoms with Crippen LogP contribution in [-0.4, -0.2) is 57.8 Å². The summed E-state index contributed by atoms with van der Waals surface area (Å²) in [5, 5.41) is 13.2. The highest BCUT2D eigenvalue weighted by molar-refractivity contribution is 6.40. The van der Waals surface area contributed by atoms with Crippen LogP contribution < -0.4 is 16.0 Å². The van der Waals surface area contributed by atoms with E-state index in [1.807, 2.05) is 109 Å². The van der Waals surface area contributed by atoms with Crippen LogP contribution in [0.5, 0.6) is 0 Å². The van der Waals surface area contributed by atoms with Crippen LogP contribution in [0.2, 0.25) is 0 Å². The van der Waals surface area contributed by atoms with E-state index in [1.54, 1.807) is 59.7 Å². The maximum Gasteiger partial charge on any atom is 0.410 e. The average Bonchev–Trinajstić information content (AvgIpc) is 3.16. The summed E-state index contributed by atoms with van der Waals surface area (Å²) in [5.41, 5.74) is 2.40. The summed E-state index contributed by atoms with van der Waals surface area (Å²) in [5.74, 6) is -0.403. The van der Waals surface area contributed by atoms with Crippen molar-refractivity contribution in [3.05, 3.63) is 145 Å². The van der Waals surface area contributed by atoms with Crippen LogP contribution in [0.3, 0.4) is 0 Å². The molecule has 0 aliphatic rings. The Hall–Kier alpha value is -4.97. The molecule has 0 bridgehead atoms. The number of carbonyl (C=O) groups excluding carboxylic acids is 3. The first-order chi connectivity index (χ1) is 25.9. The first-order valence-electron chi connectivity index (χ1n) is 17.1. The lowest BCUT2D eigenvalue weighted by molar-refractivity contribution is -0.121. The number of nitrogens with zero attached hydrogens (tertiary/aromatic N) is 3. The lowest BCUT2D eigenvalue weighted by Crippen LogP contribution is -2.41. The number of amides is 3. The lowest BCUT2D eigenvalue weighted by atomic mass is 10.0. The predicted molar refractivity (Wildman–Crippen MR) is 233 cm³/mol. The Balaban J connectivity index is 0.000000359. The van der Waals surface area contributed by atoms with Gasteiger partial charge in [-0.05, 0) is 86.1 Å². The van der Waals surface area contributed by atoms with Crippen LogP contribution in [-0.2, 0) is 14.3 Å². The van der Waals surface area contributed by atoms with Crippen molar-refractivity contribution in [2.45, 2.75) is 38.5 Å². The van der Waals surface area contributed by atoms with E-state index in [2.05, 4.69) is 25.9 Å². The molecule has 0 aliphatic heterocycles. The van der Waals surface area contributed by atoms with Gasteiger partial charge in [-0.15, -0.1) is 48.0 Å². The number of ether oxygens (including phenoxy) is 1. The third-order valence-corrected chi connectivity index (χ3v) is 7.93. The molecule has 56 heavy (non-hydrogen) atoms. The summed E-state index contributed by atoms with van der Waals surface area (Å²) in [4.78, 5) is 47.8. The lowest BCUT2D eigenvalue weighted by Gasteiger charge is -2.30. The van der Waals surface area contributed by atoms with Gasteiger partial charge in [-0.2, -0.15) is 0 Å². The van der Waals surface area contributed by atoms with Crippen molar-refractivity contribution in [3.8, 4) is 0 Å². The Bertz CT molecular complexity index is 2140. The molecule has 3 amide bonds. The van der Waals surface area contributed by atoms with Crippen LogP contribution >= 0.6 is 48.0 Å². The summed E-state index contributed by atoms with van der Waals surface area (Å²) in [7, 11) is 3.35. The molecule has 2 atom stereocenters. The minimum atomic E-state index is -0.834. The van der Waals surface area contributed by atoms with Crippen molar-refractivity contribution >= 4 is 98.8 Å². The highest BCUT2D eigenvalue weighted by Gasteiger charge is 2.31. The molecule has 6 aromatic rings. The summed E-state index contributed by atoms with van der Waals surface area (Å²) in [6.45, 7) is 5.38. The number of fused-ring (bicyclic) bond motifs is 2. The van der Waals surface area contributed by atoms with Gasteiger partial charge in [0.2, 0.25) is 5.91 Å². The van der Waals surface area contributed by atoms with E-state index in [9.17, 15) is 14.4 Å². The Morgan fingerprint density at radius 2 is 1.12 bits per heavy atom. The SMILES string of the molecule is CN(C(=O)OC(C)(C)C)[C@@H](C(=O)Nc1ccc2cnccc2c1)c1ccccc1.CN[C@@H](C(=O)Nc1ccc2cnccc2c1)c1ccccc1.Cl.Cl.ClCCl. The fraction of sp³-hybridized carbons (Fsp3) is 0.214. The van der Waals surface area contributed by atoms with Crippen molar-refractivity contribution in [1.29, 1.82) is 0 Å². The van der Waals surface area contributed by atoms with Crippen LogP contribution in [0.4, 0.5) is 16.2 Å². The zero-order valence-corrected chi connectivity index (χ0v) is 34.8. The molecule has 4 aromatic carbocycles. The maximum absolute atomic E-state index is 13.2. The van der Waals surface area contributed by atoms with Crippen molar-refractivity contribution < 1.29 is 19.1 Å². The van der Waals surface area contributed by atoms with Crippen LogP contribution in [0.15, 0.2) is 134 Å². The van der Waals surface area contributed by atoms with Gasteiger partial charge in [-0.25, -0.2) is 4.79 Å². The topological polar surface area (TPSA) is 126 Å². The number of rotatable bonds is 8. The number of halogens is 4. The van der Waals surface area contributed by atoms with Crippen molar-refractivity contribution in [3.63, 3.8) is 0 Å². The summed E-state index contributed by atoms with van der Waals surface area (Å²) in [6.07, 6.45) is 6.46. The Morgan fingerprint density at radius 1 is 0.679 bits per heavy atom. The van der Waals surface area contributed by atoms with Crippen molar-refractivity contribution in [2.24, 2.45) is 0 Å². The predicted octanol–water partition coefficient (Wildman–Crippen LogP) is 10.2. The maximum atomic E-state index is 13.2. The smallest absolute Gasteiger partial charge is 0.410 e. The monoisotopic (exact) mass is 838 g/mol. The summed E-state index contributed by atoms with van der Waals surface area (Å²) < 4.78 is 5.46. The molecule has 0 saturated carbocycles. The van der Waals surface area contributed by atoms with E-state index >= 15 is 0 Å². The second-order valence-electron chi connectivity index (χ2n) is 13.0. The molecule has 0 fully saturated rings. The Labute approximate surface area is 350 Å². The van der Waals surface area contributed by atoms with Crippen molar-refractivity contribution in [1.82, 2.24) is 20.2 Å². The molecule has 3 N–H and O–H groups in total. The van der Waals surface area contributed by atoms with Gasteiger partial charge in [0, 0.05) is 54.0 Å². The van der Waals surface area contributed by atoms with Crippen LogP contribution in [0, 0.1) is 0 Å². The second kappa shape index (κ2) is 23.2. The fourth-order valence-electron chi connectivity index (χ4n) is 5.47. The zero-order valence-electron chi connectivity index (χ0n) is 31.6. The third kappa shape index (κ3) is 14.0. The molecule has 2 heterocycles. The van der Waals surface area contributed by atoms with Gasteiger partial charge < -0.3 is 20.7 Å². The third-order valence-electron chi connectivity index (χ3n) is 7.93. The number of alkyl halides is 2. The number of pyridine rings is 2. The fourth-order valence-corrected chi connectivity index (χ4v) is 5.47. The van der Waals surface area contributed by atoms with E-state index in [4.69, 9.17) is 27.9 Å². The minimum absolute atomic E-state index is 0. The highest BCUT2D eigenvalue weighted by atomic mass is 35.5. The molecule has 14 heteroatoms. The van der Waals surface area contributed by atoms with Gasteiger partial charge in [0.15, 0.2) is 0 Å². The van der Waals surface area contributed by atoms with Crippen LogP contribution in [0.25, 0.3) is 21.5 Å². The summed E-state index contributed by atoms with van der Waals surface area (Å²) >= 11 is 9.53. The second-order valence-corrected chi connectivity index (χ2v) is 13.8. The Kier molecular flexibility index (Phi) is 19.5. The molecule has 0 radical (unpaired) electrons. The van der Waals surface area contributed by atoms with Gasteiger partial charge in [0.25, 0.3) is 5.91 Å². The van der Waals surface area contributed by atoms with E-state index < -0.39 is 17.7 Å². The zero-order chi connectivity index (χ0) is 39.1. The number of hydrogen-bond donors (Lipinski definition) is 3. The standard InChI is InChI=1S/C23H25N3O3.C18H17N3O.CH2Cl2.2ClH/c1-23(2,3)29-22(28)26(4)20(16-8-6-5-7-9-16)21(27)25-19-11-10-18-15-24-13-12-17(18)14-19;1-19-17(13-5-3-2-4-6-13)18(22)21-16-8-7-15-12-20-10-9-14(15)11-16;2-1-3;;/h5-15,20H,1-4H3,(H,25,27);2-12,17,19H,1H3,(H,21,22);1H2;2*1H/t20-;17-;;;/m11.../s1. The number of benzene rings is 4. The van der Waals surface area contributed by atoms with Gasteiger partial charge in [0.05, 0.1) is 5.34 Å². The number of likely N-dealkylation sites (N-methyl/N-ethyl adjacent to an activating group) is 2. The van der Waals surface area contributed by atoms with E-state index in [0.717, 1.165) is 32.8 Å². The average molecular weight is 841 g/mol. The quantitative estimate of drug-likeness (QED) is 0.130. The molecule has 0 saturated heterocycles. The molecular weight excluding hydrogens is 794 g/mol. The molecule has 0 spiro atoms. The Morgan fingerprint density at radius 3 is 1.57 bits per heavy atom. The van der Waals surface area contributed by atoms with Crippen molar-refractivity contribution in [2.75, 3.05) is 30.1 Å². The molecule has 10 nitrogen and oxygen atoms in total. The largest absolute Gasteiger partial charge is 0.444 e. The number of anilines is 2. The minimum Gasteiger partial charge on any atom is -0.444 e. The first-order valence-corrected chi connectivity index (χ1v) is 18.1.